The van der Waals surface area contributed by atoms with Crippen LogP contribution in [0.25, 0.3) is 0 Å². The molecule has 3 rings (SSSR count). The lowest BCUT2D eigenvalue weighted by molar-refractivity contribution is -0.384. The first kappa shape index (κ1) is 24.7. The van der Waals surface area contributed by atoms with E-state index in [-0.39, 0.29) is 17.8 Å². The van der Waals surface area contributed by atoms with Crippen molar-refractivity contribution in [2.75, 3.05) is 31.7 Å². The zero-order chi connectivity index (χ0) is 24.7. The fourth-order valence-electron chi connectivity index (χ4n) is 3.81. The van der Waals surface area contributed by atoms with Crippen molar-refractivity contribution < 1.29 is 28.8 Å². The zero-order valence-corrected chi connectivity index (χ0v) is 19.1. The Balaban J connectivity index is 1.55. The van der Waals surface area contributed by atoms with Crippen LogP contribution in [0.4, 0.5) is 11.4 Å². The Bertz CT molecular complexity index is 1070. The van der Waals surface area contributed by atoms with Gasteiger partial charge in [0.2, 0.25) is 0 Å². The van der Waals surface area contributed by atoms with Gasteiger partial charge in [0.1, 0.15) is 5.69 Å². The number of nitrogens with one attached hydrogen (secondary N) is 1. The summed E-state index contributed by atoms with van der Waals surface area (Å²) in [4.78, 5) is 49.0. The molecule has 1 N–H and O–H groups in total. The molecule has 180 valence electrons. The van der Waals surface area contributed by atoms with Crippen molar-refractivity contribution >= 4 is 29.2 Å². The third kappa shape index (κ3) is 6.31. The van der Waals surface area contributed by atoms with Gasteiger partial charge in [0.25, 0.3) is 11.6 Å². The van der Waals surface area contributed by atoms with E-state index in [2.05, 4.69) is 17.0 Å². The molecule has 0 saturated carbocycles. The number of ether oxygens (including phenoxy) is 2. The molecule has 1 heterocycles. The number of anilines is 1. The summed E-state index contributed by atoms with van der Waals surface area (Å²) in [5.41, 5.74) is 1.45. The summed E-state index contributed by atoms with van der Waals surface area (Å²) in [6.07, 6.45) is 2.03. The lowest BCUT2D eigenvalue weighted by atomic mass is 9.99. The molecule has 2 aromatic carbocycles. The van der Waals surface area contributed by atoms with Crippen LogP contribution in [0.5, 0.6) is 0 Å². The second-order valence-corrected chi connectivity index (χ2v) is 8.20. The molecule has 2 aromatic rings. The number of methoxy groups -OCH3 is 1. The summed E-state index contributed by atoms with van der Waals surface area (Å²) in [5.74, 6) is -1.37. The van der Waals surface area contributed by atoms with Crippen LogP contribution in [-0.2, 0) is 20.8 Å². The van der Waals surface area contributed by atoms with Gasteiger partial charge in [0.05, 0.1) is 23.2 Å². The molecule has 1 atom stereocenters. The van der Waals surface area contributed by atoms with Crippen molar-refractivity contribution in [1.82, 2.24) is 5.32 Å². The molecular formula is C24H27N3O7. The molecule has 1 aliphatic heterocycles. The molecule has 10 nitrogen and oxygen atoms in total. The Morgan fingerprint density at radius 3 is 2.47 bits per heavy atom. The third-order valence-electron chi connectivity index (χ3n) is 5.60. The number of hydrogen-bond donors (Lipinski definition) is 1. The van der Waals surface area contributed by atoms with Crippen LogP contribution in [0.3, 0.4) is 0 Å². The van der Waals surface area contributed by atoms with Crippen molar-refractivity contribution in [1.29, 1.82) is 0 Å². The van der Waals surface area contributed by atoms with E-state index in [0.29, 0.717) is 17.2 Å². The highest BCUT2D eigenvalue weighted by atomic mass is 16.6. The number of amides is 1. The molecule has 1 aliphatic rings. The molecule has 1 saturated heterocycles. The lowest BCUT2D eigenvalue weighted by Gasteiger charge is -2.32. The molecule has 0 aromatic heterocycles. The summed E-state index contributed by atoms with van der Waals surface area (Å²) >= 11 is 0. The van der Waals surface area contributed by atoms with Gasteiger partial charge in [-0.3, -0.25) is 14.9 Å². The van der Waals surface area contributed by atoms with Crippen LogP contribution in [0.2, 0.25) is 0 Å². The largest absolute Gasteiger partial charge is 0.465 e. The SMILES string of the molecule is COC(=O)c1ccc(CNC(=O)COC(=O)c2ccc(N3CCCC(C)C3)c([N+](=O)[O-])c2)cc1. The van der Waals surface area contributed by atoms with Gasteiger partial charge in [-0.05, 0) is 48.6 Å². The molecule has 0 bridgehead atoms. The van der Waals surface area contributed by atoms with Gasteiger partial charge in [-0.15, -0.1) is 0 Å². The van der Waals surface area contributed by atoms with E-state index in [4.69, 9.17) is 4.74 Å². The summed E-state index contributed by atoms with van der Waals surface area (Å²) < 4.78 is 9.66. The van der Waals surface area contributed by atoms with Gasteiger partial charge in [-0.1, -0.05) is 19.1 Å². The molecule has 0 aliphatic carbocycles. The topological polar surface area (TPSA) is 128 Å². The number of nitro groups is 1. The highest BCUT2D eigenvalue weighted by Crippen LogP contribution is 2.32. The predicted molar refractivity (Wildman–Crippen MR) is 124 cm³/mol. The number of rotatable bonds is 8. The molecule has 34 heavy (non-hydrogen) atoms. The van der Waals surface area contributed by atoms with Crippen LogP contribution in [-0.4, -0.2) is 49.6 Å². The second kappa shape index (κ2) is 11.3. The second-order valence-electron chi connectivity index (χ2n) is 8.20. The van der Waals surface area contributed by atoms with Gasteiger partial charge in [-0.25, -0.2) is 9.59 Å². The van der Waals surface area contributed by atoms with Crippen molar-refractivity contribution in [2.45, 2.75) is 26.3 Å². The summed E-state index contributed by atoms with van der Waals surface area (Å²) in [6.45, 7) is 3.19. The maximum absolute atomic E-state index is 12.4. The van der Waals surface area contributed by atoms with Gasteiger partial charge in [-0.2, -0.15) is 0 Å². The van der Waals surface area contributed by atoms with Crippen LogP contribution in [0.15, 0.2) is 42.5 Å². The summed E-state index contributed by atoms with van der Waals surface area (Å²) in [7, 11) is 1.29. The Labute approximate surface area is 197 Å². The van der Waals surface area contributed by atoms with Crippen molar-refractivity contribution in [2.24, 2.45) is 5.92 Å². The van der Waals surface area contributed by atoms with Crippen molar-refractivity contribution in [3.8, 4) is 0 Å². The molecule has 0 spiro atoms. The number of nitro benzene ring substituents is 1. The van der Waals surface area contributed by atoms with Crippen LogP contribution in [0, 0.1) is 16.0 Å². The smallest absolute Gasteiger partial charge is 0.338 e. The molecule has 0 radical (unpaired) electrons. The fourth-order valence-corrected chi connectivity index (χ4v) is 3.81. The third-order valence-corrected chi connectivity index (χ3v) is 5.60. The Morgan fingerprint density at radius 2 is 1.82 bits per heavy atom. The average Bonchev–Trinajstić information content (AvgIpc) is 2.85. The van der Waals surface area contributed by atoms with E-state index < -0.39 is 29.4 Å². The highest BCUT2D eigenvalue weighted by Gasteiger charge is 2.25. The maximum Gasteiger partial charge on any atom is 0.338 e. The molecule has 1 fully saturated rings. The molecule has 10 heteroatoms. The maximum atomic E-state index is 12.4. The number of benzene rings is 2. The van der Waals surface area contributed by atoms with Gasteiger partial charge >= 0.3 is 11.9 Å². The van der Waals surface area contributed by atoms with Crippen LogP contribution < -0.4 is 10.2 Å². The number of esters is 2. The van der Waals surface area contributed by atoms with E-state index in [1.165, 1.54) is 19.2 Å². The lowest BCUT2D eigenvalue weighted by Crippen LogP contribution is -2.34. The number of hydrogen-bond acceptors (Lipinski definition) is 8. The first-order valence-electron chi connectivity index (χ1n) is 10.9. The minimum atomic E-state index is -0.820. The first-order chi connectivity index (χ1) is 16.3. The zero-order valence-electron chi connectivity index (χ0n) is 19.1. The van der Waals surface area contributed by atoms with Crippen LogP contribution >= 0.6 is 0 Å². The van der Waals surface area contributed by atoms with Gasteiger partial charge in [0, 0.05) is 25.7 Å². The van der Waals surface area contributed by atoms with Gasteiger partial charge in [0.15, 0.2) is 6.61 Å². The summed E-state index contributed by atoms with van der Waals surface area (Å²) in [5, 5.41) is 14.2. The minimum absolute atomic E-state index is 0.00621. The number of nitrogens with zero attached hydrogens (tertiary/aromatic N) is 2. The van der Waals surface area contributed by atoms with E-state index >= 15 is 0 Å². The molecule has 1 unspecified atom stereocenters. The van der Waals surface area contributed by atoms with E-state index in [1.54, 1.807) is 30.3 Å². The van der Waals surface area contributed by atoms with Crippen molar-refractivity contribution in [3.05, 3.63) is 69.3 Å². The van der Waals surface area contributed by atoms with Gasteiger partial charge < -0.3 is 19.7 Å². The Morgan fingerprint density at radius 1 is 1.12 bits per heavy atom. The monoisotopic (exact) mass is 469 g/mol. The number of carbonyl (C=O) groups excluding carboxylic acids is 3. The Kier molecular flexibility index (Phi) is 8.18. The predicted octanol–water partition coefficient (Wildman–Crippen LogP) is 3.09. The molecular weight excluding hydrogens is 442 g/mol. The highest BCUT2D eigenvalue weighted by molar-refractivity contribution is 5.93. The fraction of sp³-hybridized carbons (Fsp3) is 0.375. The van der Waals surface area contributed by atoms with Crippen LogP contribution in [0.1, 0.15) is 46.0 Å². The molecule has 1 amide bonds. The van der Waals surface area contributed by atoms with Crippen molar-refractivity contribution in [3.63, 3.8) is 0 Å². The summed E-state index contributed by atoms with van der Waals surface area (Å²) in [6, 6.07) is 10.7. The standard InChI is InChI=1S/C24H27N3O7/c1-16-4-3-11-26(14-16)20-10-9-19(12-21(20)27(31)32)24(30)34-15-22(28)25-13-17-5-7-18(8-6-17)23(29)33-2/h5-10,12,16H,3-4,11,13-15H2,1-2H3,(H,25,28). The van der Waals surface area contributed by atoms with E-state index in [0.717, 1.165) is 31.5 Å². The van der Waals surface area contributed by atoms with E-state index in [9.17, 15) is 24.5 Å². The number of piperidine rings is 1. The number of carbonyl (C=O) groups is 3. The average molecular weight is 469 g/mol. The Hall–Kier alpha value is -3.95. The normalized spacial score (nSPS) is 15.4. The quantitative estimate of drug-likeness (QED) is 0.355. The minimum Gasteiger partial charge on any atom is -0.465 e. The first-order valence-corrected chi connectivity index (χ1v) is 10.9. The van der Waals surface area contributed by atoms with E-state index in [1.807, 2.05) is 4.90 Å².